The van der Waals surface area contributed by atoms with Crippen molar-refractivity contribution in [1.82, 2.24) is 0 Å². The first-order valence-corrected chi connectivity index (χ1v) is 6.81. The van der Waals surface area contributed by atoms with E-state index < -0.39 is 17.3 Å². The SMILES string of the molecule is CC1(C(=O)O)CCCC1Nc1ccc(Cl)cc1C(N)=O. The number of anilines is 1. The molecule has 0 heterocycles. The Morgan fingerprint density at radius 1 is 1.50 bits per heavy atom. The lowest BCUT2D eigenvalue weighted by atomic mass is 9.84. The minimum absolute atomic E-state index is 0.237. The molecule has 2 rings (SSSR count). The van der Waals surface area contributed by atoms with E-state index in [1.54, 1.807) is 19.1 Å². The van der Waals surface area contributed by atoms with Crippen LogP contribution in [0.4, 0.5) is 5.69 Å². The van der Waals surface area contributed by atoms with Crippen LogP contribution in [0.3, 0.4) is 0 Å². The number of carbonyl (C=O) groups excluding carboxylic acids is 1. The highest BCUT2D eigenvalue weighted by Gasteiger charge is 2.45. The predicted octanol–water partition coefficient (Wildman–Crippen LogP) is 2.49. The summed E-state index contributed by atoms with van der Waals surface area (Å²) >= 11 is 5.85. The van der Waals surface area contributed by atoms with Crippen molar-refractivity contribution in [1.29, 1.82) is 0 Å². The molecule has 5 nitrogen and oxygen atoms in total. The number of carboxylic acid groups (broad SMARTS) is 1. The zero-order chi connectivity index (χ0) is 14.9. The van der Waals surface area contributed by atoms with Gasteiger partial charge in [0.2, 0.25) is 0 Å². The van der Waals surface area contributed by atoms with Crippen LogP contribution in [0.25, 0.3) is 0 Å². The maximum atomic E-state index is 11.5. The Labute approximate surface area is 122 Å². The molecular weight excluding hydrogens is 280 g/mol. The fourth-order valence-corrected chi connectivity index (χ4v) is 2.86. The molecule has 1 saturated carbocycles. The summed E-state index contributed by atoms with van der Waals surface area (Å²) in [5, 5.41) is 13.0. The lowest BCUT2D eigenvalue weighted by Gasteiger charge is -2.29. The van der Waals surface area contributed by atoms with Gasteiger partial charge in [-0.05, 0) is 38.0 Å². The number of benzene rings is 1. The third-order valence-corrected chi connectivity index (χ3v) is 4.26. The van der Waals surface area contributed by atoms with Crippen molar-refractivity contribution in [2.45, 2.75) is 32.2 Å². The Morgan fingerprint density at radius 2 is 2.20 bits per heavy atom. The largest absolute Gasteiger partial charge is 0.481 e. The summed E-state index contributed by atoms with van der Waals surface area (Å²) in [6.45, 7) is 1.72. The van der Waals surface area contributed by atoms with Gasteiger partial charge in [-0.3, -0.25) is 9.59 Å². The predicted molar refractivity (Wildman–Crippen MR) is 77.0 cm³/mol. The van der Waals surface area contributed by atoms with Crippen LogP contribution in [0.5, 0.6) is 0 Å². The summed E-state index contributed by atoms with van der Waals surface area (Å²) in [6, 6.07) is 4.55. The van der Waals surface area contributed by atoms with Crippen LogP contribution in [0.1, 0.15) is 36.5 Å². The molecule has 108 valence electrons. The van der Waals surface area contributed by atoms with E-state index in [2.05, 4.69) is 5.32 Å². The first-order chi connectivity index (χ1) is 9.34. The smallest absolute Gasteiger partial charge is 0.311 e. The maximum Gasteiger partial charge on any atom is 0.311 e. The molecule has 2 unspecified atom stereocenters. The molecule has 2 atom stereocenters. The first-order valence-electron chi connectivity index (χ1n) is 6.44. The number of rotatable bonds is 4. The van der Waals surface area contributed by atoms with E-state index in [9.17, 15) is 14.7 Å². The first kappa shape index (κ1) is 14.7. The van der Waals surface area contributed by atoms with Crippen LogP contribution in [0, 0.1) is 5.41 Å². The molecule has 1 aliphatic carbocycles. The number of nitrogens with one attached hydrogen (secondary N) is 1. The molecule has 1 fully saturated rings. The van der Waals surface area contributed by atoms with Gasteiger partial charge in [-0.25, -0.2) is 0 Å². The molecular formula is C14H17ClN2O3. The van der Waals surface area contributed by atoms with E-state index in [4.69, 9.17) is 17.3 Å². The van der Waals surface area contributed by atoms with E-state index in [1.807, 2.05) is 0 Å². The summed E-state index contributed by atoms with van der Waals surface area (Å²) in [5.41, 5.74) is 5.30. The molecule has 0 bridgehead atoms. The molecule has 0 spiro atoms. The van der Waals surface area contributed by atoms with Crippen LogP contribution in [-0.2, 0) is 4.79 Å². The second-order valence-corrected chi connectivity index (χ2v) is 5.80. The topological polar surface area (TPSA) is 92.4 Å². The maximum absolute atomic E-state index is 11.5. The number of nitrogens with two attached hydrogens (primary N) is 1. The summed E-state index contributed by atoms with van der Waals surface area (Å²) in [6.07, 6.45) is 2.18. The molecule has 1 aromatic rings. The summed E-state index contributed by atoms with van der Waals surface area (Å²) in [7, 11) is 0. The number of hydrogen-bond acceptors (Lipinski definition) is 3. The minimum atomic E-state index is -0.839. The van der Waals surface area contributed by atoms with Crippen LogP contribution in [-0.4, -0.2) is 23.0 Å². The highest BCUT2D eigenvalue weighted by molar-refractivity contribution is 6.31. The monoisotopic (exact) mass is 296 g/mol. The lowest BCUT2D eigenvalue weighted by Crippen LogP contribution is -2.40. The Balaban J connectivity index is 2.31. The molecule has 4 N–H and O–H groups in total. The Morgan fingerprint density at radius 3 is 2.80 bits per heavy atom. The summed E-state index contributed by atoms with van der Waals surface area (Å²) < 4.78 is 0. The number of hydrogen-bond donors (Lipinski definition) is 3. The van der Waals surface area contributed by atoms with Crippen LogP contribution >= 0.6 is 11.6 Å². The molecule has 1 amide bonds. The Kier molecular flexibility index (Phi) is 3.90. The molecule has 1 aromatic carbocycles. The van der Waals surface area contributed by atoms with Crippen molar-refractivity contribution in [3.8, 4) is 0 Å². The number of amides is 1. The average Bonchev–Trinajstić information content (AvgIpc) is 2.74. The summed E-state index contributed by atoms with van der Waals surface area (Å²) in [4.78, 5) is 22.9. The zero-order valence-corrected chi connectivity index (χ0v) is 11.9. The van der Waals surface area contributed by atoms with Crippen molar-refractivity contribution >= 4 is 29.2 Å². The van der Waals surface area contributed by atoms with Crippen molar-refractivity contribution in [2.24, 2.45) is 11.1 Å². The van der Waals surface area contributed by atoms with E-state index in [1.165, 1.54) is 6.07 Å². The van der Waals surface area contributed by atoms with Crippen molar-refractivity contribution < 1.29 is 14.7 Å². The molecule has 0 radical (unpaired) electrons. The van der Waals surface area contributed by atoms with Gasteiger partial charge in [0.1, 0.15) is 0 Å². The van der Waals surface area contributed by atoms with E-state index >= 15 is 0 Å². The average molecular weight is 297 g/mol. The van der Waals surface area contributed by atoms with Gasteiger partial charge in [-0.15, -0.1) is 0 Å². The van der Waals surface area contributed by atoms with Crippen molar-refractivity contribution in [3.63, 3.8) is 0 Å². The number of halogens is 1. The van der Waals surface area contributed by atoms with Gasteiger partial charge in [0.05, 0.1) is 11.0 Å². The van der Waals surface area contributed by atoms with Crippen LogP contribution in [0.15, 0.2) is 18.2 Å². The van der Waals surface area contributed by atoms with Crippen LogP contribution in [0.2, 0.25) is 5.02 Å². The molecule has 0 aromatic heterocycles. The van der Waals surface area contributed by atoms with Gasteiger partial charge in [0, 0.05) is 16.8 Å². The van der Waals surface area contributed by atoms with Gasteiger partial charge in [-0.2, -0.15) is 0 Å². The van der Waals surface area contributed by atoms with E-state index in [-0.39, 0.29) is 11.6 Å². The highest BCUT2D eigenvalue weighted by Crippen LogP contribution is 2.40. The molecule has 1 aliphatic rings. The molecule has 20 heavy (non-hydrogen) atoms. The second-order valence-electron chi connectivity index (χ2n) is 5.37. The number of primary amides is 1. The van der Waals surface area contributed by atoms with Crippen molar-refractivity contribution in [3.05, 3.63) is 28.8 Å². The van der Waals surface area contributed by atoms with E-state index in [0.29, 0.717) is 17.1 Å². The molecule has 6 heteroatoms. The van der Waals surface area contributed by atoms with Crippen LogP contribution < -0.4 is 11.1 Å². The standard InChI is InChI=1S/C14H17ClN2O3/c1-14(13(19)20)6-2-3-11(14)17-10-5-4-8(15)7-9(10)12(16)18/h4-5,7,11,17H,2-3,6H2,1H3,(H2,16,18)(H,19,20). The number of carboxylic acids is 1. The van der Waals surface area contributed by atoms with Gasteiger partial charge in [0.25, 0.3) is 5.91 Å². The van der Waals surface area contributed by atoms with Gasteiger partial charge >= 0.3 is 5.97 Å². The van der Waals surface area contributed by atoms with Gasteiger partial charge < -0.3 is 16.2 Å². The Hall–Kier alpha value is -1.75. The van der Waals surface area contributed by atoms with E-state index in [0.717, 1.165) is 12.8 Å². The lowest BCUT2D eigenvalue weighted by molar-refractivity contribution is -0.147. The van der Waals surface area contributed by atoms with Crippen molar-refractivity contribution in [2.75, 3.05) is 5.32 Å². The number of carbonyl (C=O) groups is 2. The third-order valence-electron chi connectivity index (χ3n) is 4.02. The second kappa shape index (κ2) is 5.32. The fourth-order valence-electron chi connectivity index (χ4n) is 2.69. The molecule has 0 saturated heterocycles. The Bertz CT molecular complexity index is 561. The normalized spacial score (nSPS) is 25.4. The fraction of sp³-hybridized carbons (Fsp3) is 0.429. The van der Waals surface area contributed by atoms with Gasteiger partial charge in [-0.1, -0.05) is 18.0 Å². The summed E-state index contributed by atoms with van der Waals surface area (Å²) in [5.74, 6) is -1.42. The minimum Gasteiger partial charge on any atom is -0.481 e. The third kappa shape index (κ3) is 2.58. The highest BCUT2D eigenvalue weighted by atomic mass is 35.5. The number of aliphatic carboxylic acids is 1. The quantitative estimate of drug-likeness (QED) is 0.796. The zero-order valence-electron chi connectivity index (χ0n) is 11.1. The molecule has 0 aliphatic heterocycles. The van der Waals surface area contributed by atoms with Gasteiger partial charge in [0.15, 0.2) is 0 Å².